The number of aliphatic hydroxyl groups is 7. The minimum atomic E-state index is -1.61. The molecule has 3 aliphatic heterocycles. The van der Waals surface area contributed by atoms with Crippen LogP contribution in [0, 0.1) is 50.2 Å². The Morgan fingerprint density at radius 3 is 2.11 bits per heavy atom. The minimum absolute atomic E-state index is 0.0187. The van der Waals surface area contributed by atoms with Gasteiger partial charge in [-0.25, -0.2) is 0 Å². The lowest BCUT2D eigenvalue weighted by Crippen LogP contribution is -2.67. The van der Waals surface area contributed by atoms with E-state index in [2.05, 4.69) is 47.6 Å². The Hall–Kier alpha value is -1.31. The molecular formula is C46H74O15. The Bertz CT molecular complexity index is 1660. The maximum absolute atomic E-state index is 13.1. The largest absolute Gasteiger partial charge is 0.481 e. The number of aliphatic hydroxyl groups excluding tert-OH is 7. The van der Waals surface area contributed by atoms with E-state index >= 15 is 0 Å². The molecule has 0 aromatic carbocycles. The monoisotopic (exact) mass is 867 g/mol. The van der Waals surface area contributed by atoms with Crippen molar-refractivity contribution in [2.45, 2.75) is 199 Å². The van der Waals surface area contributed by atoms with E-state index in [9.17, 15) is 45.6 Å². The number of rotatable bonds is 8. The van der Waals surface area contributed by atoms with Crippen LogP contribution in [0.4, 0.5) is 0 Å². The number of carboxylic acid groups (broad SMARTS) is 1. The number of hydrogen-bond acceptors (Lipinski definition) is 14. The van der Waals surface area contributed by atoms with Gasteiger partial charge in [-0.2, -0.15) is 0 Å². The maximum atomic E-state index is 13.1. The molecule has 15 nitrogen and oxygen atoms in total. The molecule has 0 unspecified atom stereocenters. The molecule has 61 heavy (non-hydrogen) atoms. The molecular weight excluding hydrogens is 792 g/mol. The molecule has 8 N–H and O–H groups in total. The number of carboxylic acids is 1. The molecule has 0 aromatic heterocycles. The van der Waals surface area contributed by atoms with Gasteiger partial charge in [0.2, 0.25) is 0 Å². The molecule has 5 aliphatic carbocycles. The second-order valence-electron chi connectivity index (χ2n) is 22.3. The standard InChI is InChI=1S/C46H74O15/c1-23-26(48)18-29(59-38-35(53)33(51)27(49)20-56-38)37(58-23)61-36-34(52)28(50)21-57-39(36)60-32-11-12-42(4)30(43(32,5)22-47)10-13-45(7)31(42)9-8-24-25-19-41(2,3)14-16-46(25,40(54)55)17-15-44(24,45)6/h8,23,25-39,47-53H,9-22H2,1-7H3,(H,54,55)/t23-,25-,26+,27+,28+,29+,30+,31+,32-,33-,34-,35+,36+,37-,38-,39-,42-,43+,44+,45+,46-/m0/s1. The first kappa shape index (κ1) is 46.2. The van der Waals surface area contributed by atoms with Crippen molar-refractivity contribution < 1.29 is 74.1 Å². The molecule has 3 heterocycles. The molecule has 8 aliphatic rings. The fourth-order valence-corrected chi connectivity index (χ4v) is 14.4. The van der Waals surface area contributed by atoms with Crippen molar-refractivity contribution in [3.63, 3.8) is 0 Å². The third-order valence-electron chi connectivity index (χ3n) is 18.6. The van der Waals surface area contributed by atoms with E-state index in [4.69, 9.17) is 28.4 Å². The molecule has 7 fully saturated rings. The zero-order valence-electron chi connectivity index (χ0n) is 37.1. The van der Waals surface area contributed by atoms with Crippen LogP contribution in [0.25, 0.3) is 0 Å². The van der Waals surface area contributed by atoms with Crippen molar-refractivity contribution in [2.24, 2.45) is 50.2 Å². The van der Waals surface area contributed by atoms with Crippen LogP contribution in [-0.2, 0) is 33.2 Å². The molecule has 4 saturated carbocycles. The van der Waals surface area contributed by atoms with Crippen molar-refractivity contribution in [3.05, 3.63) is 11.6 Å². The fraction of sp³-hybridized carbons (Fsp3) is 0.935. The van der Waals surface area contributed by atoms with E-state index < -0.39 is 96.7 Å². The third kappa shape index (κ3) is 7.30. The summed E-state index contributed by atoms with van der Waals surface area (Å²) >= 11 is 0. The van der Waals surface area contributed by atoms with Crippen LogP contribution in [0.1, 0.15) is 119 Å². The van der Waals surface area contributed by atoms with Gasteiger partial charge in [0.1, 0.15) is 42.7 Å². The summed E-state index contributed by atoms with van der Waals surface area (Å²) in [5.41, 5.74) is -0.389. The lowest BCUT2D eigenvalue weighted by molar-refractivity contribution is -0.374. The molecule has 8 rings (SSSR count). The highest BCUT2D eigenvalue weighted by atomic mass is 16.8. The second-order valence-corrected chi connectivity index (χ2v) is 22.3. The van der Waals surface area contributed by atoms with Crippen LogP contribution in [-0.4, -0.2) is 147 Å². The molecule has 0 radical (unpaired) electrons. The summed E-state index contributed by atoms with van der Waals surface area (Å²) in [6, 6.07) is 0. The number of ether oxygens (including phenoxy) is 6. The van der Waals surface area contributed by atoms with Gasteiger partial charge in [-0.15, -0.1) is 0 Å². The number of carbonyl (C=O) groups is 1. The summed E-state index contributed by atoms with van der Waals surface area (Å²) in [6.07, 6.45) is -5.14. The maximum Gasteiger partial charge on any atom is 0.310 e. The molecule has 3 saturated heterocycles. The van der Waals surface area contributed by atoms with Crippen LogP contribution in [0.15, 0.2) is 11.6 Å². The van der Waals surface area contributed by atoms with Gasteiger partial charge in [0.05, 0.1) is 43.5 Å². The number of hydrogen-bond donors (Lipinski definition) is 8. The summed E-state index contributed by atoms with van der Waals surface area (Å²) < 4.78 is 36.9. The molecule has 0 aromatic rings. The van der Waals surface area contributed by atoms with Crippen molar-refractivity contribution in [2.75, 3.05) is 19.8 Å². The van der Waals surface area contributed by atoms with E-state index in [1.54, 1.807) is 6.92 Å². The average molecular weight is 867 g/mol. The molecule has 0 bridgehead atoms. The smallest absolute Gasteiger partial charge is 0.310 e. The summed E-state index contributed by atoms with van der Waals surface area (Å²) in [6.45, 7) is 14.9. The van der Waals surface area contributed by atoms with Crippen molar-refractivity contribution in [1.82, 2.24) is 0 Å². The van der Waals surface area contributed by atoms with E-state index in [0.29, 0.717) is 18.8 Å². The number of aliphatic carboxylic acids is 1. The highest BCUT2D eigenvalue weighted by Crippen LogP contribution is 2.76. The van der Waals surface area contributed by atoms with E-state index in [0.717, 1.165) is 51.4 Å². The molecule has 0 spiro atoms. The van der Waals surface area contributed by atoms with Gasteiger partial charge in [0.25, 0.3) is 0 Å². The van der Waals surface area contributed by atoms with E-state index in [1.807, 2.05) is 0 Å². The average Bonchev–Trinajstić information content (AvgIpc) is 3.20. The third-order valence-corrected chi connectivity index (χ3v) is 18.6. The summed E-state index contributed by atoms with van der Waals surface area (Å²) in [7, 11) is 0. The van der Waals surface area contributed by atoms with Gasteiger partial charge in [0, 0.05) is 11.8 Å². The fourth-order valence-electron chi connectivity index (χ4n) is 14.4. The summed E-state index contributed by atoms with van der Waals surface area (Å²) in [4.78, 5) is 13.1. The van der Waals surface area contributed by atoms with Gasteiger partial charge in [-0.3, -0.25) is 4.79 Å². The van der Waals surface area contributed by atoms with Gasteiger partial charge < -0.3 is 69.3 Å². The Balaban J connectivity index is 1.03. The Morgan fingerprint density at radius 1 is 0.754 bits per heavy atom. The van der Waals surface area contributed by atoms with E-state index in [1.165, 1.54) is 5.57 Å². The van der Waals surface area contributed by atoms with Crippen LogP contribution >= 0.6 is 0 Å². The molecule has 348 valence electrons. The second kappa shape index (κ2) is 16.2. The Kier molecular flexibility index (Phi) is 12.3. The SMILES string of the molecule is C[C@@H]1O[C@@H](O[C@H]2[C@H](O[C@H]3CC[C@@]4(C)[C@@H](CC[C@]5(C)[C@@H]4CC=C4[C@@H]6CC(C)(C)CC[C@]6(C(=O)O)CC[C@]45C)[C@@]3(C)CO)OC[C@@H](O)[C@@H]2O)[C@H](O[C@@H]2OC[C@@H](O)[C@H](O)[C@H]2O)C[C@H]1O. The summed E-state index contributed by atoms with van der Waals surface area (Å²) in [5, 5.41) is 86.1. The lowest BCUT2D eigenvalue weighted by atomic mass is 9.33. The molecule has 15 heteroatoms. The van der Waals surface area contributed by atoms with Gasteiger partial charge >= 0.3 is 5.97 Å². The first-order valence-corrected chi connectivity index (χ1v) is 23.0. The molecule has 21 atom stereocenters. The van der Waals surface area contributed by atoms with Crippen LogP contribution in [0.5, 0.6) is 0 Å². The lowest BCUT2D eigenvalue weighted by Gasteiger charge is -2.71. The van der Waals surface area contributed by atoms with Crippen molar-refractivity contribution >= 4 is 5.97 Å². The van der Waals surface area contributed by atoms with E-state index in [-0.39, 0.29) is 59.7 Å². The van der Waals surface area contributed by atoms with Gasteiger partial charge in [-0.1, -0.05) is 53.2 Å². The predicted molar refractivity (Wildman–Crippen MR) is 217 cm³/mol. The highest BCUT2D eigenvalue weighted by molar-refractivity contribution is 5.76. The highest BCUT2D eigenvalue weighted by Gasteiger charge is 2.70. The zero-order chi connectivity index (χ0) is 44.2. The topological polar surface area (TPSA) is 234 Å². The van der Waals surface area contributed by atoms with Crippen molar-refractivity contribution in [1.29, 1.82) is 0 Å². The normalized spacial score (nSPS) is 54.6. The predicted octanol–water partition coefficient (Wildman–Crippen LogP) is 3.01. The first-order valence-electron chi connectivity index (χ1n) is 23.0. The van der Waals surface area contributed by atoms with Crippen molar-refractivity contribution in [3.8, 4) is 0 Å². The number of fused-ring (bicyclic) bond motifs is 7. The Labute approximate surface area is 360 Å². The van der Waals surface area contributed by atoms with Crippen LogP contribution in [0.3, 0.4) is 0 Å². The quantitative estimate of drug-likeness (QED) is 0.129. The number of allylic oxidation sites excluding steroid dienone is 2. The molecule has 0 amide bonds. The Morgan fingerprint density at radius 2 is 1.43 bits per heavy atom. The van der Waals surface area contributed by atoms with Crippen LogP contribution in [0.2, 0.25) is 0 Å². The van der Waals surface area contributed by atoms with Crippen LogP contribution < -0.4 is 0 Å². The minimum Gasteiger partial charge on any atom is -0.481 e. The van der Waals surface area contributed by atoms with Gasteiger partial charge in [0.15, 0.2) is 18.9 Å². The zero-order valence-corrected chi connectivity index (χ0v) is 37.1. The van der Waals surface area contributed by atoms with Gasteiger partial charge in [-0.05, 0) is 111 Å². The first-order chi connectivity index (χ1) is 28.5. The summed E-state index contributed by atoms with van der Waals surface area (Å²) in [5.74, 6) is -0.269.